The van der Waals surface area contributed by atoms with Gasteiger partial charge < -0.3 is 29.4 Å². The van der Waals surface area contributed by atoms with E-state index in [0.717, 1.165) is 22.6 Å². The normalized spacial score (nSPS) is 25.5. The summed E-state index contributed by atoms with van der Waals surface area (Å²) in [7, 11) is 4.74. The molecule has 4 N–H and O–H groups in total. The summed E-state index contributed by atoms with van der Waals surface area (Å²) in [4.78, 5) is 14.0. The number of ether oxygens (including phenoxy) is 4. The number of ketones is 1. The number of fused-ring (bicyclic) bond motifs is 1. The lowest BCUT2D eigenvalue weighted by Crippen LogP contribution is -2.51. The van der Waals surface area contributed by atoms with E-state index in [4.69, 9.17) is 18.9 Å². The maximum Gasteiger partial charge on any atom is 0.203 e. The Labute approximate surface area is 233 Å². The van der Waals surface area contributed by atoms with E-state index in [9.17, 15) is 9.90 Å². The van der Waals surface area contributed by atoms with Crippen LogP contribution >= 0.6 is 0 Å². The maximum atomic E-state index is 14.0. The van der Waals surface area contributed by atoms with Crippen molar-refractivity contribution in [2.75, 3.05) is 21.3 Å². The molecular formula is C31H33N3O6. The molecule has 0 radical (unpaired) electrons. The minimum absolute atomic E-state index is 0.0458. The molecule has 5 atom stereocenters. The van der Waals surface area contributed by atoms with Crippen molar-refractivity contribution < 1.29 is 28.8 Å². The van der Waals surface area contributed by atoms with Gasteiger partial charge in [-0.05, 0) is 59.9 Å². The Morgan fingerprint density at radius 3 is 2.23 bits per heavy atom. The maximum absolute atomic E-state index is 14.0. The van der Waals surface area contributed by atoms with Crippen molar-refractivity contribution in [3.63, 3.8) is 0 Å². The van der Waals surface area contributed by atoms with E-state index >= 15 is 0 Å². The third kappa shape index (κ3) is 4.66. The topological polar surface area (TPSA) is 110 Å². The summed E-state index contributed by atoms with van der Waals surface area (Å²) < 4.78 is 22.7. The molecular weight excluding hydrogens is 510 g/mol. The number of hydrogen-bond acceptors (Lipinski definition) is 9. The summed E-state index contributed by atoms with van der Waals surface area (Å²) in [5.74, 6) is 2.36. The second-order valence-corrected chi connectivity index (χ2v) is 10.3. The van der Waals surface area contributed by atoms with E-state index in [0.29, 0.717) is 41.4 Å². The van der Waals surface area contributed by atoms with Gasteiger partial charge in [0.25, 0.3) is 0 Å². The summed E-state index contributed by atoms with van der Waals surface area (Å²) in [6.07, 6.45) is -0.151. The zero-order chi connectivity index (χ0) is 27.8. The molecule has 40 heavy (non-hydrogen) atoms. The summed E-state index contributed by atoms with van der Waals surface area (Å²) in [5, 5.41) is 14.4. The van der Waals surface area contributed by atoms with Crippen LogP contribution in [0.1, 0.15) is 35.8 Å². The SMILES string of the molecule is COc1cc([C@H]2CC(=O)C3=C(C2)NC2NNC(O)C2[C@@H]3c2cccc(Oc3ccccc3)c2)cc(OC)c1OC. The molecule has 1 fully saturated rings. The van der Waals surface area contributed by atoms with Gasteiger partial charge in [0.05, 0.1) is 27.5 Å². The van der Waals surface area contributed by atoms with Crippen LogP contribution in [0.3, 0.4) is 0 Å². The van der Waals surface area contributed by atoms with Gasteiger partial charge in [-0.1, -0.05) is 30.3 Å². The molecule has 0 aromatic heterocycles. The number of rotatable bonds is 7. The number of carbonyl (C=O) groups is 1. The number of carbonyl (C=O) groups excluding carboxylic acids is 1. The summed E-state index contributed by atoms with van der Waals surface area (Å²) in [6.45, 7) is 0. The minimum atomic E-state index is -0.837. The zero-order valence-electron chi connectivity index (χ0n) is 22.6. The molecule has 2 aliphatic heterocycles. The van der Waals surface area contributed by atoms with Crippen LogP contribution in [0.5, 0.6) is 28.7 Å². The average Bonchev–Trinajstić information content (AvgIpc) is 3.35. The number of hydrogen-bond donors (Lipinski definition) is 4. The van der Waals surface area contributed by atoms with Gasteiger partial charge in [-0.2, -0.15) is 0 Å². The molecule has 3 aromatic rings. The number of aliphatic hydroxyl groups excluding tert-OH is 1. The Bertz CT molecular complexity index is 1420. The van der Waals surface area contributed by atoms with Crippen LogP contribution in [-0.4, -0.2) is 44.6 Å². The monoisotopic (exact) mass is 543 g/mol. The van der Waals surface area contributed by atoms with Crippen molar-refractivity contribution in [1.29, 1.82) is 0 Å². The lowest BCUT2D eigenvalue weighted by Gasteiger charge is -2.42. The number of allylic oxidation sites excluding steroid dienone is 2. The first kappa shape index (κ1) is 26.2. The van der Waals surface area contributed by atoms with E-state index < -0.39 is 6.23 Å². The summed E-state index contributed by atoms with van der Waals surface area (Å²) in [6, 6.07) is 21.2. The number of aliphatic hydroxyl groups is 1. The highest BCUT2D eigenvalue weighted by Crippen LogP contribution is 2.49. The van der Waals surface area contributed by atoms with Gasteiger partial charge in [-0.15, -0.1) is 0 Å². The summed E-state index contributed by atoms with van der Waals surface area (Å²) in [5.41, 5.74) is 9.57. The van der Waals surface area contributed by atoms with Crippen LogP contribution in [0.2, 0.25) is 0 Å². The lowest BCUT2D eigenvalue weighted by molar-refractivity contribution is -0.117. The number of para-hydroxylation sites is 1. The molecule has 0 bridgehead atoms. The molecule has 1 saturated heterocycles. The molecule has 208 valence electrons. The van der Waals surface area contributed by atoms with Crippen molar-refractivity contribution in [2.45, 2.75) is 37.1 Å². The molecule has 3 aliphatic rings. The van der Waals surface area contributed by atoms with Crippen LogP contribution in [0.4, 0.5) is 0 Å². The van der Waals surface area contributed by atoms with Gasteiger partial charge in [-0.3, -0.25) is 4.79 Å². The van der Waals surface area contributed by atoms with Crippen molar-refractivity contribution in [3.05, 3.63) is 89.1 Å². The fraction of sp³-hybridized carbons (Fsp3) is 0.323. The van der Waals surface area contributed by atoms with Crippen LogP contribution in [0.15, 0.2) is 78.0 Å². The number of hydrazine groups is 1. The molecule has 0 amide bonds. The van der Waals surface area contributed by atoms with Gasteiger partial charge in [0, 0.05) is 29.5 Å². The number of benzene rings is 3. The van der Waals surface area contributed by atoms with E-state index in [1.807, 2.05) is 66.7 Å². The van der Waals surface area contributed by atoms with Gasteiger partial charge in [0.1, 0.15) is 17.7 Å². The van der Waals surface area contributed by atoms with E-state index in [1.54, 1.807) is 21.3 Å². The van der Waals surface area contributed by atoms with E-state index in [1.165, 1.54) is 0 Å². The molecule has 3 unspecified atom stereocenters. The predicted molar refractivity (Wildman–Crippen MR) is 148 cm³/mol. The molecule has 0 saturated carbocycles. The second kappa shape index (κ2) is 10.8. The smallest absolute Gasteiger partial charge is 0.203 e. The fourth-order valence-corrected chi connectivity index (χ4v) is 6.22. The molecule has 9 nitrogen and oxygen atoms in total. The quantitative estimate of drug-likeness (QED) is 0.352. The molecule has 9 heteroatoms. The molecule has 2 heterocycles. The first-order chi connectivity index (χ1) is 19.5. The average molecular weight is 544 g/mol. The molecule has 0 spiro atoms. The second-order valence-electron chi connectivity index (χ2n) is 10.3. The highest BCUT2D eigenvalue weighted by atomic mass is 16.5. The number of nitrogens with one attached hydrogen (secondary N) is 3. The largest absolute Gasteiger partial charge is 0.493 e. The Morgan fingerprint density at radius 1 is 0.800 bits per heavy atom. The molecule has 1 aliphatic carbocycles. The Hall–Kier alpha value is -4.05. The standard InChI is InChI=1S/C31H33N3O6/c1-37-24-15-19(16-25(38-2)29(24)39-3)18-13-22-27(23(35)14-18)26(28-30(32-22)33-34-31(28)36)17-8-7-11-21(12-17)40-20-9-5-4-6-10-20/h4-12,15-16,18,26,28,30-34,36H,13-14H2,1-3H3/t18-,26-,28?,30?,31?/m1/s1. The Morgan fingerprint density at radius 2 is 1.52 bits per heavy atom. The third-order valence-corrected chi connectivity index (χ3v) is 8.02. The van der Waals surface area contributed by atoms with Crippen molar-refractivity contribution in [2.24, 2.45) is 5.92 Å². The number of Topliss-reactive ketones (excluding diaryl/α,β-unsaturated/α-hetero) is 1. The van der Waals surface area contributed by atoms with Gasteiger partial charge in [0.15, 0.2) is 17.3 Å². The Kier molecular flexibility index (Phi) is 7.10. The van der Waals surface area contributed by atoms with Gasteiger partial charge >= 0.3 is 0 Å². The minimum Gasteiger partial charge on any atom is -0.493 e. The van der Waals surface area contributed by atoms with Crippen LogP contribution < -0.4 is 35.1 Å². The first-order valence-corrected chi connectivity index (χ1v) is 13.4. The van der Waals surface area contributed by atoms with Crippen LogP contribution in [0.25, 0.3) is 0 Å². The first-order valence-electron chi connectivity index (χ1n) is 13.4. The Balaban J connectivity index is 1.38. The zero-order valence-corrected chi connectivity index (χ0v) is 22.6. The molecule has 6 rings (SSSR count). The van der Waals surface area contributed by atoms with Crippen LogP contribution in [0, 0.1) is 5.92 Å². The number of methoxy groups -OCH3 is 3. The third-order valence-electron chi connectivity index (χ3n) is 8.02. The molecule has 3 aromatic carbocycles. The lowest BCUT2D eigenvalue weighted by atomic mass is 9.69. The van der Waals surface area contributed by atoms with Crippen molar-refractivity contribution in [1.82, 2.24) is 16.2 Å². The van der Waals surface area contributed by atoms with Gasteiger partial charge in [0.2, 0.25) is 5.75 Å². The highest BCUT2D eigenvalue weighted by molar-refractivity contribution is 5.99. The fourth-order valence-electron chi connectivity index (χ4n) is 6.22. The van der Waals surface area contributed by atoms with E-state index in [2.05, 4.69) is 16.2 Å². The highest BCUT2D eigenvalue weighted by Gasteiger charge is 2.50. The summed E-state index contributed by atoms with van der Waals surface area (Å²) >= 11 is 0. The van der Waals surface area contributed by atoms with E-state index in [-0.39, 0.29) is 29.7 Å². The van der Waals surface area contributed by atoms with Crippen molar-refractivity contribution in [3.8, 4) is 28.7 Å². The van der Waals surface area contributed by atoms with Crippen molar-refractivity contribution >= 4 is 5.78 Å². The van der Waals surface area contributed by atoms with Crippen LogP contribution in [-0.2, 0) is 4.79 Å². The van der Waals surface area contributed by atoms with Gasteiger partial charge in [-0.25, -0.2) is 10.9 Å². The predicted octanol–water partition coefficient (Wildman–Crippen LogP) is 3.96.